The number of hydrogen-bond donors (Lipinski definition) is 1. The summed E-state index contributed by atoms with van der Waals surface area (Å²) in [4.78, 5) is 16.8. The quantitative estimate of drug-likeness (QED) is 0.904. The molecule has 0 saturated heterocycles. The van der Waals surface area contributed by atoms with Crippen LogP contribution in [0.1, 0.15) is 36.1 Å². The highest BCUT2D eigenvalue weighted by Crippen LogP contribution is 2.38. The van der Waals surface area contributed by atoms with Gasteiger partial charge < -0.3 is 5.73 Å². The van der Waals surface area contributed by atoms with Crippen molar-refractivity contribution in [2.24, 2.45) is 5.73 Å². The minimum Gasteiger partial charge on any atom is -0.325 e. The summed E-state index contributed by atoms with van der Waals surface area (Å²) >= 11 is 0. The van der Waals surface area contributed by atoms with Gasteiger partial charge in [0.25, 0.3) is 0 Å². The van der Waals surface area contributed by atoms with E-state index in [1.54, 1.807) is 12.4 Å². The maximum atomic E-state index is 12.4. The van der Waals surface area contributed by atoms with Crippen molar-refractivity contribution in [1.82, 2.24) is 19.9 Å². The van der Waals surface area contributed by atoms with E-state index in [4.69, 9.17) is 5.73 Å². The van der Waals surface area contributed by atoms with E-state index in [0.29, 0.717) is 12.5 Å². The fraction of sp³-hybridized carbons (Fsp3) is 0.385. The van der Waals surface area contributed by atoms with E-state index in [2.05, 4.69) is 19.9 Å². The predicted molar refractivity (Wildman–Crippen MR) is 67.7 cm³/mol. The Balaban J connectivity index is 1.99. The van der Waals surface area contributed by atoms with Crippen LogP contribution in [0.25, 0.3) is 11.3 Å². The van der Waals surface area contributed by atoms with Gasteiger partial charge in [0, 0.05) is 30.4 Å². The molecule has 0 amide bonds. The number of alkyl halides is 1. The van der Waals surface area contributed by atoms with E-state index in [1.165, 1.54) is 0 Å². The van der Waals surface area contributed by atoms with Crippen LogP contribution in [-0.4, -0.2) is 19.9 Å². The highest BCUT2D eigenvalue weighted by atomic mass is 19.1. The lowest BCUT2D eigenvalue weighted by Gasteiger charge is -2.06. The summed E-state index contributed by atoms with van der Waals surface area (Å²) in [6.07, 6.45) is 5.43. The predicted octanol–water partition coefficient (Wildman–Crippen LogP) is 1.74. The molecular formula is C13H14FN5. The van der Waals surface area contributed by atoms with Crippen LogP contribution in [0.4, 0.5) is 4.39 Å². The van der Waals surface area contributed by atoms with Crippen LogP contribution in [-0.2, 0) is 13.2 Å². The van der Waals surface area contributed by atoms with Gasteiger partial charge in [-0.2, -0.15) is 0 Å². The van der Waals surface area contributed by atoms with Crippen LogP contribution >= 0.6 is 0 Å². The van der Waals surface area contributed by atoms with E-state index in [-0.39, 0.29) is 5.82 Å². The fourth-order valence-electron chi connectivity index (χ4n) is 1.85. The van der Waals surface area contributed by atoms with Gasteiger partial charge in [-0.3, -0.25) is 0 Å². The molecule has 1 saturated carbocycles. The standard InChI is InChI=1S/C13H14FN5/c14-4-12-16-6-9(7-17-12)11-3-10(5-15)18-13(19-11)8-1-2-8/h3,6-8H,1-2,4-5,15H2. The molecule has 2 heterocycles. The lowest BCUT2D eigenvalue weighted by atomic mass is 10.2. The Hall–Kier alpha value is -1.95. The zero-order valence-electron chi connectivity index (χ0n) is 10.4. The molecular weight excluding hydrogens is 245 g/mol. The molecule has 98 valence electrons. The molecule has 2 N–H and O–H groups in total. The van der Waals surface area contributed by atoms with Crippen molar-refractivity contribution in [3.8, 4) is 11.3 Å². The van der Waals surface area contributed by atoms with Crippen LogP contribution in [0.15, 0.2) is 18.5 Å². The topological polar surface area (TPSA) is 77.6 Å². The van der Waals surface area contributed by atoms with Crippen molar-refractivity contribution in [2.45, 2.75) is 32.0 Å². The van der Waals surface area contributed by atoms with Crippen molar-refractivity contribution < 1.29 is 4.39 Å². The van der Waals surface area contributed by atoms with Gasteiger partial charge in [0.15, 0.2) is 5.82 Å². The maximum absolute atomic E-state index is 12.4. The van der Waals surface area contributed by atoms with Crippen LogP contribution in [0, 0.1) is 0 Å². The number of nitrogens with two attached hydrogens (primary N) is 1. The third-order valence-corrected chi connectivity index (χ3v) is 3.07. The summed E-state index contributed by atoms with van der Waals surface area (Å²) in [6.45, 7) is -0.288. The first-order valence-electron chi connectivity index (χ1n) is 6.25. The van der Waals surface area contributed by atoms with E-state index in [0.717, 1.165) is 35.6 Å². The second-order valence-electron chi connectivity index (χ2n) is 4.60. The van der Waals surface area contributed by atoms with Crippen molar-refractivity contribution in [3.05, 3.63) is 35.8 Å². The van der Waals surface area contributed by atoms with Gasteiger partial charge in [0.1, 0.15) is 12.5 Å². The minimum absolute atomic E-state index is 0.180. The molecule has 19 heavy (non-hydrogen) atoms. The molecule has 5 nitrogen and oxygen atoms in total. The molecule has 3 rings (SSSR count). The molecule has 2 aromatic heterocycles. The molecule has 0 unspecified atom stereocenters. The fourth-order valence-corrected chi connectivity index (χ4v) is 1.85. The number of nitrogens with zero attached hydrogens (tertiary/aromatic N) is 4. The summed E-state index contributed by atoms with van der Waals surface area (Å²) < 4.78 is 12.4. The van der Waals surface area contributed by atoms with Crippen LogP contribution in [0.2, 0.25) is 0 Å². The number of rotatable bonds is 4. The Morgan fingerprint density at radius 1 is 1.21 bits per heavy atom. The van der Waals surface area contributed by atoms with Gasteiger partial charge >= 0.3 is 0 Å². The Morgan fingerprint density at radius 3 is 2.53 bits per heavy atom. The summed E-state index contributed by atoms with van der Waals surface area (Å²) in [5.41, 5.74) is 7.98. The molecule has 0 radical (unpaired) electrons. The highest BCUT2D eigenvalue weighted by molar-refractivity contribution is 5.57. The molecule has 0 aliphatic heterocycles. The lowest BCUT2D eigenvalue weighted by molar-refractivity contribution is 0.465. The third-order valence-electron chi connectivity index (χ3n) is 3.07. The van der Waals surface area contributed by atoms with Gasteiger partial charge in [-0.05, 0) is 18.9 Å². The van der Waals surface area contributed by atoms with Gasteiger partial charge in [-0.1, -0.05) is 0 Å². The van der Waals surface area contributed by atoms with Gasteiger partial charge in [-0.15, -0.1) is 0 Å². The molecule has 0 bridgehead atoms. The Morgan fingerprint density at radius 2 is 1.95 bits per heavy atom. The summed E-state index contributed by atoms with van der Waals surface area (Å²) in [5, 5.41) is 0. The van der Waals surface area contributed by atoms with Gasteiger partial charge in [0.2, 0.25) is 0 Å². The van der Waals surface area contributed by atoms with Crippen molar-refractivity contribution in [3.63, 3.8) is 0 Å². The number of halogens is 1. The van der Waals surface area contributed by atoms with E-state index in [1.807, 2.05) is 6.07 Å². The monoisotopic (exact) mass is 259 g/mol. The molecule has 2 aromatic rings. The minimum atomic E-state index is -0.661. The number of aromatic nitrogens is 4. The van der Waals surface area contributed by atoms with Crippen molar-refractivity contribution in [1.29, 1.82) is 0 Å². The second-order valence-corrected chi connectivity index (χ2v) is 4.60. The average molecular weight is 259 g/mol. The molecule has 1 aliphatic carbocycles. The lowest BCUT2D eigenvalue weighted by Crippen LogP contribution is -2.05. The average Bonchev–Trinajstić information content (AvgIpc) is 3.31. The largest absolute Gasteiger partial charge is 0.325 e. The summed E-state index contributed by atoms with van der Waals surface area (Å²) in [5.74, 6) is 1.48. The molecule has 1 aliphatic rings. The summed E-state index contributed by atoms with van der Waals surface area (Å²) in [6, 6.07) is 1.83. The second kappa shape index (κ2) is 4.97. The van der Waals surface area contributed by atoms with Crippen molar-refractivity contribution in [2.75, 3.05) is 0 Å². The Bertz CT molecular complexity index is 580. The van der Waals surface area contributed by atoms with Crippen LogP contribution < -0.4 is 5.73 Å². The first-order valence-corrected chi connectivity index (χ1v) is 6.25. The van der Waals surface area contributed by atoms with Crippen LogP contribution in [0.3, 0.4) is 0 Å². The zero-order valence-corrected chi connectivity index (χ0v) is 10.4. The number of hydrogen-bond acceptors (Lipinski definition) is 5. The van der Waals surface area contributed by atoms with Gasteiger partial charge in [-0.25, -0.2) is 24.3 Å². The highest BCUT2D eigenvalue weighted by Gasteiger charge is 2.27. The first-order chi connectivity index (χ1) is 9.30. The zero-order chi connectivity index (χ0) is 13.2. The third kappa shape index (κ3) is 2.58. The van der Waals surface area contributed by atoms with Gasteiger partial charge in [0.05, 0.1) is 11.4 Å². The molecule has 0 aromatic carbocycles. The molecule has 1 fully saturated rings. The molecule has 0 atom stereocenters. The Labute approximate surface area is 110 Å². The molecule has 6 heteroatoms. The van der Waals surface area contributed by atoms with E-state index < -0.39 is 6.67 Å². The van der Waals surface area contributed by atoms with Crippen molar-refractivity contribution >= 4 is 0 Å². The maximum Gasteiger partial charge on any atom is 0.159 e. The smallest absolute Gasteiger partial charge is 0.159 e. The molecule has 0 spiro atoms. The SMILES string of the molecule is NCc1cc(-c2cnc(CF)nc2)nc(C2CC2)n1. The van der Waals surface area contributed by atoms with Crippen LogP contribution in [0.5, 0.6) is 0 Å². The first kappa shape index (κ1) is 12.1. The Kier molecular flexibility index (Phi) is 3.16. The normalized spacial score (nSPS) is 14.6. The summed E-state index contributed by atoms with van der Waals surface area (Å²) in [7, 11) is 0. The van der Waals surface area contributed by atoms with E-state index in [9.17, 15) is 4.39 Å². The van der Waals surface area contributed by atoms with E-state index >= 15 is 0 Å².